The SMILES string of the molecule is Cc1csc(C(=O)Nc2ccc3c(c2)N(C(=O)c2ccccc2)CCC3)c1. The molecule has 4 rings (SSSR count). The summed E-state index contributed by atoms with van der Waals surface area (Å²) in [6.45, 7) is 2.65. The molecule has 4 nitrogen and oxygen atoms in total. The van der Waals surface area contributed by atoms with Crippen LogP contribution in [-0.2, 0) is 6.42 Å². The van der Waals surface area contributed by atoms with Crippen molar-refractivity contribution in [3.8, 4) is 0 Å². The van der Waals surface area contributed by atoms with Crippen LogP contribution in [0.15, 0.2) is 60.0 Å². The number of fused-ring (bicyclic) bond motifs is 1. The molecule has 0 radical (unpaired) electrons. The second-order valence-electron chi connectivity index (χ2n) is 6.71. The molecule has 1 N–H and O–H groups in total. The molecule has 1 aliphatic heterocycles. The molecule has 1 aromatic heterocycles. The fourth-order valence-corrected chi connectivity index (χ4v) is 4.14. The molecule has 0 unspecified atom stereocenters. The lowest BCUT2D eigenvalue weighted by Gasteiger charge is -2.30. The first-order valence-electron chi connectivity index (χ1n) is 8.98. The van der Waals surface area contributed by atoms with Gasteiger partial charge in [-0.3, -0.25) is 9.59 Å². The number of anilines is 2. The van der Waals surface area contributed by atoms with Crippen molar-refractivity contribution in [3.05, 3.63) is 81.5 Å². The lowest BCUT2D eigenvalue weighted by atomic mass is 10.00. The number of nitrogens with one attached hydrogen (secondary N) is 1. The van der Waals surface area contributed by atoms with Gasteiger partial charge >= 0.3 is 0 Å². The molecule has 5 heteroatoms. The van der Waals surface area contributed by atoms with Gasteiger partial charge in [0.2, 0.25) is 0 Å². The summed E-state index contributed by atoms with van der Waals surface area (Å²) in [6.07, 6.45) is 1.87. The molecular formula is C22H20N2O2S. The van der Waals surface area contributed by atoms with Crippen LogP contribution in [0.4, 0.5) is 11.4 Å². The monoisotopic (exact) mass is 376 g/mol. The number of carbonyl (C=O) groups is 2. The van der Waals surface area contributed by atoms with E-state index in [2.05, 4.69) is 5.32 Å². The molecule has 136 valence electrons. The van der Waals surface area contributed by atoms with E-state index in [9.17, 15) is 9.59 Å². The van der Waals surface area contributed by atoms with E-state index >= 15 is 0 Å². The fourth-order valence-electron chi connectivity index (χ4n) is 3.34. The van der Waals surface area contributed by atoms with Crippen molar-refractivity contribution in [3.63, 3.8) is 0 Å². The van der Waals surface area contributed by atoms with Gasteiger partial charge in [0.1, 0.15) is 0 Å². The summed E-state index contributed by atoms with van der Waals surface area (Å²) in [4.78, 5) is 27.9. The minimum atomic E-state index is -0.121. The van der Waals surface area contributed by atoms with Crippen LogP contribution in [0.5, 0.6) is 0 Å². The fraction of sp³-hybridized carbons (Fsp3) is 0.182. The maximum atomic E-state index is 13.0. The topological polar surface area (TPSA) is 49.4 Å². The highest BCUT2D eigenvalue weighted by Crippen LogP contribution is 2.31. The normalized spacial score (nSPS) is 13.1. The highest BCUT2D eigenvalue weighted by atomic mass is 32.1. The first-order valence-corrected chi connectivity index (χ1v) is 9.86. The van der Waals surface area contributed by atoms with Gasteiger partial charge in [-0.2, -0.15) is 0 Å². The quantitative estimate of drug-likeness (QED) is 0.707. The van der Waals surface area contributed by atoms with Crippen LogP contribution in [0.1, 0.15) is 37.6 Å². The minimum Gasteiger partial charge on any atom is -0.321 e. The number of rotatable bonds is 3. The van der Waals surface area contributed by atoms with E-state index in [0.29, 0.717) is 22.7 Å². The average Bonchev–Trinajstić information content (AvgIpc) is 3.14. The zero-order valence-electron chi connectivity index (χ0n) is 15.1. The number of hydrogen-bond donors (Lipinski definition) is 1. The van der Waals surface area contributed by atoms with Crippen LogP contribution in [0.2, 0.25) is 0 Å². The standard InChI is InChI=1S/C22H20N2O2S/c1-15-12-20(27-14-15)21(25)23-18-10-9-16-8-5-11-24(19(16)13-18)22(26)17-6-3-2-4-7-17/h2-4,6-7,9-10,12-14H,5,8,11H2,1H3,(H,23,25). The van der Waals surface area contributed by atoms with Gasteiger partial charge in [-0.05, 0) is 66.6 Å². The van der Waals surface area contributed by atoms with Gasteiger partial charge < -0.3 is 10.2 Å². The third kappa shape index (κ3) is 3.64. The second-order valence-corrected chi connectivity index (χ2v) is 7.62. The molecule has 3 aromatic rings. The number of benzene rings is 2. The first kappa shape index (κ1) is 17.5. The molecule has 0 spiro atoms. The van der Waals surface area contributed by atoms with E-state index in [0.717, 1.165) is 29.7 Å². The highest BCUT2D eigenvalue weighted by Gasteiger charge is 2.24. The maximum absolute atomic E-state index is 13.0. The molecule has 0 bridgehead atoms. The van der Waals surface area contributed by atoms with E-state index in [-0.39, 0.29) is 11.8 Å². The third-order valence-corrected chi connectivity index (χ3v) is 5.73. The Bertz CT molecular complexity index is 995. The van der Waals surface area contributed by atoms with Crippen molar-refractivity contribution < 1.29 is 9.59 Å². The van der Waals surface area contributed by atoms with Crippen molar-refractivity contribution in [1.29, 1.82) is 0 Å². The third-order valence-electron chi connectivity index (χ3n) is 4.68. The van der Waals surface area contributed by atoms with Crippen LogP contribution in [-0.4, -0.2) is 18.4 Å². The molecule has 0 saturated heterocycles. The Kier molecular flexibility index (Phi) is 4.77. The number of carbonyl (C=O) groups excluding carboxylic acids is 2. The summed E-state index contributed by atoms with van der Waals surface area (Å²) in [5, 5.41) is 4.91. The summed E-state index contributed by atoms with van der Waals surface area (Å²) in [6, 6.07) is 17.0. The molecule has 1 aliphatic rings. The highest BCUT2D eigenvalue weighted by molar-refractivity contribution is 7.12. The smallest absolute Gasteiger partial charge is 0.265 e. The van der Waals surface area contributed by atoms with Crippen molar-refractivity contribution in [2.24, 2.45) is 0 Å². The molecule has 2 heterocycles. The molecule has 0 saturated carbocycles. The van der Waals surface area contributed by atoms with Crippen LogP contribution in [0.3, 0.4) is 0 Å². The zero-order valence-corrected chi connectivity index (χ0v) is 15.9. The molecule has 0 aliphatic carbocycles. The molecule has 0 fully saturated rings. The Morgan fingerprint density at radius 3 is 2.63 bits per heavy atom. The van der Waals surface area contributed by atoms with Crippen molar-refractivity contribution >= 4 is 34.5 Å². The van der Waals surface area contributed by atoms with Crippen LogP contribution < -0.4 is 10.2 Å². The van der Waals surface area contributed by atoms with Gasteiger partial charge in [-0.25, -0.2) is 0 Å². The predicted molar refractivity (Wildman–Crippen MR) is 110 cm³/mol. The Morgan fingerprint density at radius 2 is 1.89 bits per heavy atom. The molecular weight excluding hydrogens is 356 g/mol. The van der Waals surface area contributed by atoms with Crippen molar-refractivity contribution in [2.45, 2.75) is 19.8 Å². The minimum absolute atomic E-state index is 0.00564. The maximum Gasteiger partial charge on any atom is 0.265 e. The molecule has 2 aromatic carbocycles. The number of nitrogens with zero attached hydrogens (tertiary/aromatic N) is 1. The average molecular weight is 376 g/mol. The van der Waals surface area contributed by atoms with Gasteiger partial charge in [0, 0.05) is 23.5 Å². The van der Waals surface area contributed by atoms with E-state index in [4.69, 9.17) is 0 Å². The summed E-state index contributed by atoms with van der Waals surface area (Å²) in [7, 11) is 0. The Morgan fingerprint density at radius 1 is 1.07 bits per heavy atom. The van der Waals surface area contributed by atoms with Crippen LogP contribution in [0, 0.1) is 6.92 Å². The zero-order chi connectivity index (χ0) is 18.8. The summed E-state index contributed by atoms with van der Waals surface area (Å²) in [5.74, 6) is -0.126. The van der Waals surface area contributed by atoms with Gasteiger partial charge in [-0.1, -0.05) is 24.3 Å². The Labute approximate surface area is 162 Å². The molecule has 27 heavy (non-hydrogen) atoms. The van der Waals surface area contributed by atoms with Crippen molar-refractivity contribution in [1.82, 2.24) is 0 Å². The van der Waals surface area contributed by atoms with Gasteiger partial charge in [0.05, 0.1) is 4.88 Å². The number of amides is 2. The molecule has 2 amide bonds. The van der Waals surface area contributed by atoms with E-state index in [1.165, 1.54) is 11.3 Å². The van der Waals surface area contributed by atoms with Gasteiger partial charge in [-0.15, -0.1) is 11.3 Å². The Balaban J connectivity index is 1.61. The first-order chi connectivity index (χ1) is 13.1. The van der Waals surface area contributed by atoms with Crippen LogP contribution >= 0.6 is 11.3 Å². The Hall–Kier alpha value is -2.92. The lowest BCUT2D eigenvalue weighted by Crippen LogP contribution is -2.35. The van der Waals surface area contributed by atoms with Crippen LogP contribution in [0.25, 0.3) is 0 Å². The number of hydrogen-bond acceptors (Lipinski definition) is 3. The summed E-state index contributed by atoms with van der Waals surface area (Å²) >= 11 is 1.43. The van der Waals surface area contributed by atoms with E-state index in [1.54, 1.807) is 0 Å². The van der Waals surface area contributed by atoms with Gasteiger partial charge in [0.15, 0.2) is 0 Å². The van der Waals surface area contributed by atoms with E-state index < -0.39 is 0 Å². The lowest BCUT2D eigenvalue weighted by molar-refractivity contribution is 0.0984. The van der Waals surface area contributed by atoms with E-state index in [1.807, 2.05) is 71.8 Å². The van der Waals surface area contributed by atoms with Crippen molar-refractivity contribution in [2.75, 3.05) is 16.8 Å². The number of thiophene rings is 1. The number of aryl methyl sites for hydroxylation is 2. The largest absolute Gasteiger partial charge is 0.321 e. The summed E-state index contributed by atoms with van der Waals surface area (Å²) in [5.41, 5.74) is 4.48. The second kappa shape index (κ2) is 7.37. The predicted octanol–water partition coefficient (Wildman–Crippen LogP) is 4.90. The summed E-state index contributed by atoms with van der Waals surface area (Å²) < 4.78 is 0. The van der Waals surface area contributed by atoms with Gasteiger partial charge in [0.25, 0.3) is 11.8 Å². The molecule has 0 atom stereocenters.